The number of likely N-dealkylation sites (tertiary alicyclic amines) is 1. The Morgan fingerprint density at radius 2 is 1.89 bits per heavy atom. The van der Waals surface area contributed by atoms with Crippen LogP contribution < -0.4 is 4.74 Å². The number of aliphatic hydroxyl groups is 1. The number of aromatic nitrogens is 1. The number of aromatic amines is 1. The summed E-state index contributed by atoms with van der Waals surface area (Å²) < 4.78 is 7.38. The van der Waals surface area contributed by atoms with Crippen molar-refractivity contribution in [2.24, 2.45) is 0 Å². The standard InChI is InChI=1S/C27H32N2O2S.C2H2O4/c1-17-11-18(2)23-14-26(32-27(23)12-17)20-8-10-29(19(3)13-20)15-21(30)16-31-25-6-4-5-24-22(25)7-9-28-24;3-1(4)2(5)6/h4-7,9,11-12,14,19-21,28,30H,8,10,13,15-16H2,1-3H3;(H,3,4)(H,5,6)/t19-,20-,21-;/m0./s1. The summed E-state index contributed by atoms with van der Waals surface area (Å²) in [4.78, 5) is 25.3. The summed E-state index contributed by atoms with van der Waals surface area (Å²) in [7, 11) is 0. The van der Waals surface area contributed by atoms with Crippen LogP contribution in [0.2, 0.25) is 0 Å². The van der Waals surface area contributed by atoms with Crippen LogP contribution >= 0.6 is 11.3 Å². The molecular weight excluding hydrogens is 504 g/mol. The number of aryl methyl sites for hydroxylation is 2. The fourth-order valence-electron chi connectivity index (χ4n) is 5.15. The van der Waals surface area contributed by atoms with Crippen molar-refractivity contribution < 1.29 is 29.6 Å². The number of hydrogen-bond donors (Lipinski definition) is 4. The van der Waals surface area contributed by atoms with Gasteiger partial charge in [-0.1, -0.05) is 12.1 Å². The van der Waals surface area contributed by atoms with Crippen molar-refractivity contribution in [1.29, 1.82) is 0 Å². The zero-order valence-electron chi connectivity index (χ0n) is 21.8. The molecular formula is C29H34N2O6S. The van der Waals surface area contributed by atoms with E-state index in [2.05, 4.69) is 48.9 Å². The highest BCUT2D eigenvalue weighted by Gasteiger charge is 2.29. The van der Waals surface area contributed by atoms with E-state index in [1.807, 2.05) is 41.8 Å². The van der Waals surface area contributed by atoms with Crippen molar-refractivity contribution >= 4 is 44.3 Å². The van der Waals surface area contributed by atoms with Gasteiger partial charge in [0.2, 0.25) is 0 Å². The number of piperidine rings is 1. The molecule has 8 nitrogen and oxygen atoms in total. The van der Waals surface area contributed by atoms with Crippen LogP contribution in [0.1, 0.15) is 41.7 Å². The number of rotatable bonds is 6. The fourth-order valence-corrected chi connectivity index (χ4v) is 6.54. The van der Waals surface area contributed by atoms with Crippen molar-refractivity contribution in [3.63, 3.8) is 0 Å². The first kappa shape index (κ1) is 27.6. The molecule has 0 unspecified atom stereocenters. The maximum Gasteiger partial charge on any atom is 0.414 e. The lowest BCUT2D eigenvalue weighted by Crippen LogP contribution is -2.45. The van der Waals surface area contributed by atoms with Crippen molar-refractivity contribution in [2.75, 3.05) is 19.7 Å². The van der Waals surface area contributed by atoms with Crippen molar-refractivity contribution in [3.8, 4) is 5.75 Å². The molecule has 4 N–H and O–H groups in total. The average molecular weight is 539 g/mol. The van der Waals surface area contributed by atoms with E-state index in [0.717, 1.165) is 36.0 Å². The molecule has 2 aromatic carbocycles. The molecule has 0 saturated carbocycles. The molecule has 202 valence electrons. The number of aliphatic hydroxyl groups excluding tert-OH is 1. The molecule has 3 heterocycles. The summed E-state index contributed by atoms with van der Waals surface area (Å²) in [6.45, 7) is 8.68. The van der Waals surface area contributed by atoms with Gasteiger partial charge in [0.15, 0.2) is 0 Å². The van der Waals surface area contributed by atoms with Gasteiger partial charge in [0.05, 0.1) is 0 Å². The molecule has 1 aliphatic heterocycles. The van der Waals surface area contributed by atoms with Crippen molar-refractivity contribution in [1.82, 2.24) is 9.88 Å². The van der Waals surface area contributed by atoms with Gasteiger partial charge in [-0.15, -0.1) is 11.3 Å². The lowest BCUT2D eigenvalue weighted by Gasteiger charge is -2.38. The predicted molar refractivity (Wildman–Crippen MR) is 149 cm³/mol. The maximum atomic E-state index is 10.7. The largest absolute Gasteiger partial charge is 0.490 e. The average Bonchev–Trinajstić information content (AvgIpc) is 3.52. The van der Waals surface area contributed by atoms with Gasteiger partial charge >= 0.3 is 11.9 Å². The van der Waals surface area contributed by atoms with Gasteiger partial charge in [0.25, 0.3) is 0 Å². The number of benzene rings is 2. The van der Waals surface area contributed by atoms with Gasteiger partial charge in [-0.05, 0) is 92.9 Å². The summed E-state index contributed by atoms with van der Waals surface area (Å²) in [6, 6.07) is 15.5. The number of aliphatic carboxylic acids is 2. The SMILES string of the molecule is Cc1cc(C)c2cc([C@H]3CCN(C[C@H](O)COc4cccc5[nH]ccc45)[C@@H](C)C3)sc2c1.O=C(O)C(=O)O. The number of nitrogens with zero attached hydrogens (tertiary/aromatic N) is 1. The third-order valence-electron chi connectivity index (χ3n) is 7.04. The lowest BCUT2D eigenvalue weighted by atomic mass is 9.89. The second-order valence-electron chi connectivity index (χ2n) is 9.98. The second kappa shape index (κ2) is 12.0. The van der Waals surface area contributed by atoms with Gasteiger partial charge in [0, 0.05) is 39.3 Å². The molecule has 0 radical (unpaired) electrons. The van der Waals surface area contributed by atoms with Crippen LogP contribution in [-0.4, -0.2) is 69.0 Å². The number of fused-ring (bicyclic) bond motifs is 2. The highest BCUT2D eigenvalue weighted by atomic mass is 32.1. The number of carboxylic acids is 2. The Bertz CT molecular complexity index is 1420. The molecule has 1 aliphatic rings. The van der Waals surface area contributed by atoms with Crippen LogP contribution in [0.5, 0.6) is 5.75 Å². The van der Waals surface area contributed by atoms with Crippen LogP contribution in [-0.2, 0) is 9.59 Å². The van der Waals surface area contributed by atoms with Crippen LogP contribution in [0.15, 0.2) is 48.7 Å². The second-order valence-corrected chi connectivity index (χ2v) is 11.1. The van der Waals surface area contributed by atoms with Gasteiger partial charge in [-0.25, -0.2) is 9.59 Å². The number of β-amino-alcohol motifs (C(OH)–C–C–N with tert-alkyl or cyclic N) is 1. The van der Waals surface area contributed by atoms with Gasteiger partial charge in [0.1, 0.15) is 18.5 Å². The Balaban J connectivity index is 0.000000505. The molecule has 1 fully saturated rings. The van der Waals surface area contributed by atoms with E-state index in [9.17, 15) is 5.11 Å². The lowest BCUT2D eigenvalue weighted by molar-refractivity contribution is -0.159. The third-order valence-corrected chi connectivity index (χ3v) is 8.28. The summed E-state index contributed by atoms with van der Waals surface area (Å²) in [5, 5.41) is 27.9. The third kappa shape index (κ3) is 6.53. The van der Waals surface area contributed by atoms with E-state index in [4.69, 9.17) is 24.5 Å². The Morgan fingerprint density at radius 1 is 1.13 bits per heavy atom. The number of carboxylic acid groups (broad SMARTS) is 2. The summed E-state index contributed by atoms with van der Waals surface area (Å²) in [5.74, 6) is -2.22. The van der Waals surface area contributed by atoms with Crippen molar-refractivity contribution in [3.05, 3.63) is 64.7 Å². The molecule has 3 atom stereocenters. The van der Waals surface area contributed by atoms with Gasteiger partial charge in [-0.3, -0.25) is 4.90 Å². The number of nitrogens with one attached hydrogen (secondary N) is 1. The first-order chi connectivity index (χ1) is 18.1. The van der Waals surface area contributed by atoms with Crippen LogP contribution in [0.4, 0.5) is 0 Å². The molecule has 0 bridgehead atoms. The van der Waals surface area contributed by atoms with E-state index < -0.39 is 18.0 Å². The minimum Gasteiger partial charge on any atom is -0.490 e. The predicted octanol–water partition coefficient (Wildman–Crippen LogP) is 5.16. The number of carbonyl (C=O) groups is 2. The zero-order chi connectivity index (χ0) is 27.4. The Hall–Kier alpha value is -3.40. The number of thiophene rings is 1. The minimum atomic E-state index is -1.82. The number of H-pyrrole nitrogens is 1. The van der Waals surface area contributed by atoms with Crippen molar-refractivity contribution in [2.45, 2.75) is 51.7 Å². The fraction of sp³-hybridized carbons (Fsp3) is 0.379. The molecule has 38 heavy (non-hydrogen) atoms. The monoisotopic (exact) mass is 538 g/mol. The topological polar surface area (TPSA) is 123 Å². The quantitative estimate of drug-likeness (QED) is 0.250. The number of hydrogen-bond acceptors (Lipinski definition) is 6. The molecule has 0 amide bonds. The molecule has 0 spiro atoms. The molecule has 4 aromatic rings. The molecule has 0 aliphatic carbocycles. The zero-order valence-corrected chi connectivity index (χ0v) is 22.6. The first-order valence-electron chi connectivity index (χ1n) is 12.7. The number of ether oxygens (including phenoxy) is 1. The normalized spacial score (nSPS) is 18.6. The van der Waals surface area contributed by atoms with Crippen LogP contribution in [0.3, 0.4) is 0 Å². The van der Waals surface area contributed by atoms with E-state index in [1.54, 1.807) is 0 Å². The maximum absolute atomic E-state index is 10.7. The molecule has 2 aromatic heterocycles. The minimum absolute atomic E-state index is 0.311. The molecule has 9 heteroatoms. The molecule has 5 rings (SSSR count). The van der Waals surface area contributed by atoms with Gasteiger partial charge in [-0.2, -0.15) is 0 Å². The smallest absolute Gasteiger partial charge is 0.414 e. The Morgan fingerprint density at radius 3 is 2.61 bits per heavy atom. The van der Waals surface area contributed by atoms with E-state index >= 15 is 0 Å². The first-order valence-corrected chi connectivity index (χ1v) is 13.5. The summed E-state index contributed by atoms with van der Waals surface area (Å²) in [6.07, 6.45) is 3.70. The van der Waals surface area contributed by atoms with Crippen LogP contribution in [0, 0.1) is 13.8 Å². The Labute approximate surface area is 225 Å². The van der Waals surface area contributed by atoms with E-state index in [1.165, 1.54) is 26.1 Å². The van der Waals surface area contributed by atoms with E-state index in [0.29, 0.717) is 25.1 Å². The van der Waals surface area contributed by atoms with E-state index in [-0.39, 0.29) is 0 Å². The van der Waals surface area contributed by atoms with Crippen LogP contribution in [0.25, 0.3) is 21.0 Å². The highest BCUT2D eigenvalue weighted by Crippen LogP contribution is 2.39. The summed E-state index contributed by atoms with van der Waals surface area (Å²) in [5.41, 5.74) is 3.78. The summed E-state index contributed by atoms with van der Waals surface area (Å²) >= 11 is 1.97. The molecule has 1 saturated heterocycles. The highest BCUT2D eigenvalue weighted by molar-refractivity contribution is 7.19. The Kier molecular flexibility index (Phi) is 8.71. The van der Waals surface area contributed by atoms with Gasteiger partial charge < -0.3 is 25.0 Å².